The van der Waals surface area contributed by atoms with Crippen LogP contribution in [-0.4, -0.2) is 5.78 Å². The highest BCUT2D eigenvalue weighted by molar-refractivity contribution is 6.10. The summed E-state index contributed by atoms with van der Waals surface area (Å²) in [5.74, 6) is -0.308. The first-order valence-electron chi connectivity index (χ1n) is 9.39. The summed E-state index contributed by atoms with van der Waals surface area (Å²) in [6.07, 6.45) is 0. The van der Waals surface area contributed by atoms with E-state index in [1.54, 1.807) is 19.1 Å². The summed E-state index contributed by atoms with van der Waals surface area (Å²) in [7, 11) is 0. The highest BCUT2D eigenvalue weighted by Gasteiger charge is 2.15. The quantitative estimate of drug-likeness (QED) is 0.371. The van der Waals surface area contributed by atoms with Crippen molar-refractivity contribution in [2.45, 2.75) is 6.92 Å². The average molecular weight is 394 g/mol. The van der Waals surface area contributed by atoms with Gasteiger partial charge in [0.1, 0.15) is 0 Å². The van der Waals surface area contributed by atoms with E-state index in [2.05, 4.69) is 29.4 Å². The van der Waals surface area contributed by atoms with Gasteiger partial charge < -0.3 is 5.73 Å². The number of hydrogen-bond donors (Lipinski definition) is 1. The van der Waals surface area contributed by atoms with Crippen LogP contribution in [0.5, 0.6) is 0 Å². The first-order valence-corrected chi connectivity index (χ1v) is 9.39. The fourth-order valence-corrected chi connectivity index (χ4v) is 3.49. The maximum Gasteiger partial charge on any atom is 0.230 e. The van der Waals surface area contributed by atoms with Gasteiger partial charge in [-0.2, -0.15) is 0 Å². The number of nitroso groups, excluding NO2 is 1. The van der Waals surface area contributed by atoms with Crippen LogP contribution in [-0.2, 0) is 0 Å². The minimum atomic E-state index is -0.682. The Morgan fingerprint density at radius 3 is 2.20 bits per heavy atom. The number of ketones is 1. The van der Waals surface area contributed by atoms with E-state index in [9.17, 15) is 14.5 Å². The molecule has 0 aliphatic carbocycles. The molecule has 0 aliphatic heterocycles. The number of nitrogens with two attached hydrogens (primary N) is 1. The number of benzene rings is 3. The summed E-state index contributed by atoms with van der Waals surface area (Å²) < 4.78 is 0. The summed E-state index contributed by atoms with van der Waals surface area (Å²) in [5.41, 5.74) is 7.70. The predicted octanol–water partition coefficient (Wildman–Crippen LogP) is 5.39. The third-order valence-corrected chi connectivity index (χ3v) is 5.15. The number of nitrogens with zero attached hydrogens (tertiary/aromatic N) is 1. The van der Waals surface area contributed by atoms with Crippen LogP contribution in [0.3, 0.4) is 0 Å². The van der Waals surface area contributed by atoms with Gasteiger partial charge in [0.15, 0.2) is 11.5 Å². The van der Waals surface area contributed by atoms with Crippen LogP contribution < -0.4 is 11.2 Å². The molecule has 0 amide bonds. The zero-order valence-electron chi connectivity index (χ0n) is 16.3. The van der Waals surface area contributed by atoms with E-state index in [1.165, 1.54) is 12.1 Å². The molecular weight excluding hydrogens is 376 g/mol. The third kappa shape index (κ3) is 3.49. The Labute approximate surface area is 172 Å². The molecule has 4 aromatic carbocycles. The Balaban J connectivity index is 1.72. The van der Waals surface area contributed by atoms with Crippen molar-refractivity contribution in [3.63, 3.8) is 0 Å². The lowest BCUT2D eigenvalue weighted by Gasteiger charge is -2.07. The van der Waals surface area contributed by atoms with Crippen LogP contribution >= 0.6 is 0 Å². The van der Waals surface area contributed by atoms with E-state index in [-0.39, 0.29) is 22.7 Å². The molecule has 0 radical (unpaired) electrons. The molecule has 0 aromatic heterocycles. The topological polar surface area (TPSA) is 89.6 Å². The number of carbonyl (C=O) groups is 1. The lowest BCUT2D eigenvalue weighted by atomic mass is 9.97. The Kier molecular flexibility index (Phi) is 4.94. The van der Waals surface area contributed by atoms with Crippen LogP contribution in [0.1, 0.15) is 21.5 Å². The zero-order valence-corrected chi connectivity index (χ0v) is 16.3. The largest absolute Gasteiger partial charge is 0.395 e. The molecule has 5 heteroatoms. The first-order chi connectivity index (χ1) is 14.5. The van der Waals surface area contributed by atoms with Crippen molar-refractivity contribution in [3.05, 3.63) is 111 Å². The normalized spacial score (nSPS) is 10.7. The average Bonchev–Trinajstić information content (AvgIpc) is 2.88. The Hall–Kier alpha value is -4.12. The number of hydrogen-bond acceptors (Lipinski definition) is 5. The Morgan fingerprint density at radius 1 is 0.833 bits per heavy atom. The third-order valence-electron chi connectivity index (χ3n) is 5.15. The maximum atomic E-state index is 13.0. The molecule has 0 fully saturated rings. The molecule has 30 heavy (non-hydrogen) atoms. The smallest absolute Gasteiger partial charge is 0.230 e. The first kappa shape index (κ1) is 19.2. The van der Waals surface area contributed by atoms with Gasteiger partial charge >= 0.3 is 0 Å². The molecule has 4 rings (SSSR count). The molecule has 0 aliphatic rings. The van der Waals surface area contributed by atoms with Gasteiger partial charge in [0.25, 0.3) is 0 Å². The van der Waals surface area contributed by atoms with Crippen LogP contribution in [0.4, 0.5) is 11.4 Å². The summed E-state index contributed by atoms with van der Waals surface area (Å²) in [6.45, 7) is 1.67. The van der Waals surface area contributed by atoms with Crippen molar-refractivity contribution in [2.75, 3.05) is 5.73 Å². The SMILES string of the molecule is Cc1cc(N)c(=O)c(N=O)cc1C(=O)c1ccc(-c2ccc3ccccc3c2)cc1. The molecule has 2 N–H and O–H groups in total. The standard InChI is InChI=1S/C25H18N2O3/c1-15-12-22(26)25(29)23(27-30)14-21(15)24(28)18-9-6-17(7-10-18)20-11-8-16-4-2-3-5-19(16)13-20/h2-14H,1H3,(H2,26,29). The van der Waals surface area contributed by atoms with E-state index in [1.807, 2.05) is 30.3 Å². The van der Waals surface area contributed by atoms with E-state index in [4.69, 9.17) is 5.73 Å². The Bertz CT molecular complexity index is 1360. The number of nitrogen functional groups attached to an aromatic ring is 1. The van der Waals surface area contributed by atoms with Crippen LogP contribution in [0.15, 0.2) is 88.8 Å². The molecule has 0 bridgehead atoms. The van der Waals surface area contributed by atoms with Crippen molar-refractivity contribution < 1.29 is 4.79 Å². The lowest BCUT2D eigenvalue weighted by molar-refractivity contribution is 0.103. The highest BCUT2D eigenvalue weighted by Crippen LogP contribution is 2.26. The number of carbonyl (C=O) groups excluding carboxylic acids is 1. The molecule has 0 spiro atoms. The summed E-state index contributed by atoms with van der Waals surface area (Å²) >= 11 is 0. The summed E-state index contributed by atoms with van der Waals surface area (Å²) in [5, 5.41) is 5.04. The second-order valence-corrected chi connectivity index (χ2v) is 7.11. The van der Waals surface area contributed by atoms with Crippen LogP contribution in [0.2, 0.25) is 0 Å². The van der Waals surface area contributed by atoms with Crippen molar-refractivity contribution in [1.29, 1.82) is 0 Å². The Morgan fingerprint density at radius 2 is 1.50 bits per heavy atom. The fraction of sp³-hybridized carbons (Fsp3) is 0.0400. The van der Waals surface area contributed by atoms with E-state index >= 15 is 0 Å². The summed E-state index contributed by atoms with van der Waals surface area (Å²) in [6, 6.07) is 24.2. The molecule has 4 aromatic rings. The molecule has 0 unspecified atom stereocenters. The minimum Gasteiger partial charge on any atom is -0.395 e. The van der Waals surface area contributed by atoms with E-state index in [0.717, 1.165) is 21.9 Å². The van der Waals surface area contributed by atoms with Crippen molar-refractivity contribution in [3.8, 4) is 11.1 Å². The molecule has 146 valence electrons. The molecule has 0 atom stereocenters. The number of aryl methyl sites for hydroxylation is 1. The molecule has 5 nitrogen and oxygen atoms in total. The van der Waals surface area contributed by atoms with Gasteiger partial charge in [-0.3, -0.25) is 9.59 Å². The fourth-order valence-electron chi connectivity index (χ4n) is 3.49. The van der Waals surface area contributed by atoms with Gasteiger partial charge in [0.05, 0.1) is 5.69 Å². The highest BCUT2D eigenvalue weighted by atomic mass is 16.3. The second kappa shape index (κ2) is 7.72. The van der Waals surface area contributed by atoms with E-state index in [0.29, 0.717) is 11.1 Å². The molecular formula is C25H18N2O3. The van der Waals surface area contributed by atoms with Gasteiger partial charge in [0.2, 0.25) is 5.43 Å². The van der Waals surface area contributed by atoms with Gasteiger partial charge in [-0.1, -0.05) is 60.7 Å². The second-order valence-electron chi connectivity index (χ2n) is 7.11. The van der Waals surface area contributed by atoms with Crippen molar-refractivity contribution in [1.82, 2.24) is 0 Å². The van der Waals surface area contributed by atoms with Gasteiger partial charge in [-0.05, 0) is 57.8 Å². The van der Waals surface area contributed by atoms with Crippen molar-refractivity contribution >= 4 is 27.9 Å². The number of fused-ring (bicyclic) bond motifs is 1. The number of rotatable bonds is 4. The predicted molar refractivity (Wildman–Crippen MR) is 120 cm³/mol. The monoisotopic (exact) mass is 394 g/mol. The minimum absolute atomic E-state index is 0.118. The molecule has 0 saturated carbocycles. The lowest BCUT2D eigenvalue weighted by Crippen LogP contribution is -2.03. The number of anilines is 1. The van der Waals surface area contributed by atoms with Crippen molar-refractivity contribution in [2.24, 2.45) is 5.18 Å². The summed E-state index contributed by atoms with van der Waals surface area (Å²) in [4.78, 5) is 36.1. The van der Waals surface area contributed by atoms with Crippen LogP contribution in [0.25, 0.3) is 21.9 Å². The van der Waals surface area contributed by atoms with Crippen LogP contribution in [0, 0.1) is 11.8 Å². The maximum absolute atomic E-state index is 13.0. The molecule has 0 heterocycles. The molecule has 0 saturated heterocycles. The van der Waals surface area contributed by atoms with Gasteiger partial charge in [0, 0.05) is 11.1 Å². The van der Waals surface area contributed by atoms with Gasteiger partial charge in [-0.15, -0.1) is 4.91 Å². The van der Waals surface area contributed by atoms with Gasteiger partial charge in [-0.25, -0.2) is 0 Å². The zero-order chi connectivity index (χ0) is 21.3. The van der Waals surface area contributed by atoms with E-state index < -0.39 is 5.43 Å².